The molecule has 0 spiro atoms. The molecule has 1 saturated carbocycles. The summed E-state index contributed by atoms with van der Waals surface area (Å²) in [5, 5.41) is 10.8. The number of rotatable bonds is 2. The summed E-state index contributed by atoms with van der Waals surface area (Å²) in [4.78, 5) is 8.90. The van der Waals surface area contributed by atoms with Crippen LogP contribution in [-0.2, 0) is 4.74 Å². The van der Waals surface area contributed by atoms with E-state index in [-0.39, 0.29) is 12.2 Å². The molecule has 2 atom stereocenters. The Kier molecular flexibility index (Phi) is 3.64. The van der Waals surface area contributed by atoms with Gasteiger partial charge in [-0.3, -0.25) is 9.97 Å². The Hall–Kier alpha value is -1.78. The summed E-state index contributed by atoms with van der Waals surface area (Å²) < 4.78 is 6.31. The van der Waals surface area contributed by atoms with Crippen LogP contribution in [-0.4, -0.2) is 21.2 Å². The molecule has 1 N–H and O–H groups in total. The first kappa shape index (κ1) is 13.9. The van der Waals surface area contributed by atoms with E-state index < -0.39 is 6.10 Å². The summed E-state index contributed by atoms with van der Waals surface area (Å²) in [6.45, 7) is 0. The molecule has 4 rings (SSSR count). The Bertz CT molecular complexity index is 668. The van der Waals surface area contributed by atoms with Crippen LogP contribution in [0.1, 0.15) is 55.4 Å². The van der Waals surface area contributed by atoms with Gasteiger partial charge in [0, 0.05) is 23.5 Å². The summed E-state index contributed by atoms with van der Waals surface area (Å²) in [6, 6.07) is 7.67. The number of pyridine rings is 2. The highest BCUT2D eigenvalue weighted by atomic mass is 16.5. The predicted octanol–water partition coefficient (Wildman–Crippen LogP) is 3.58. The molecular formula is C18H20N2O2. The van der Waals surface area contributed by atoms with Crippen LogP contribution in [0.25, 0.3) is 11.4 Å². The van der Waals surface area contributed by atoms with Gasteiger partial charge in [0.1, 0.15) is 12.2 Å². The zero-order chi connectivity index (χ0) is 14.9. The Labute approximate surface area is 130 Å². The highest BCUT2D eigenvalue weighted by Gasteiger charge is 2.36. The van der Waals surface area contributed by atoms with Crippen LogP contribution in [0.2, 0.25) is 0 Å². The fourth-order valence-corrected chi connectivity index (χ4v) is 3.59. The Morgan fingerprint density at radius 3 is 2.27 bits per heavy atom. The summed E-state index contributed by atoms with van der Waals surface area (Å²) in [6.07, 6.45) is 8.61. The van der Waals surface area contributed by atoms with Crippen molar-refractivity contribution in [2.24, 2.45) is 0 Å². The van der Waals surface area contributed by atoms with E-state index in [0.717, 1.165) is 35.4 Å². The van der Waals surface area contributed by atoms with Crippen LogP contribution >= 0.6 is 0 Å². The van der Waals surface area contributed by atoms with Gasteiger partial charge in [0.15, 0.2) is 0 Å². The van der Waals surface area contributed by atoms with Crippen molar-refractivity contribution in [3.63, 3.8) is 0 Å². The maximum Gasteiger partial charge on any atom is 0.115 e. The minimum Gasteiger partial charge on any atom is -0.385 e. The first-order valence-corrected chi connectivity index (χ1v) is 8.08. The van der Waals surface area contributed by atoms with Gasteiger partial charge in [-0.15, -0.1) is 0 Å². The lowest BCUT2D eigenvalue weighted by atomic mass is 9.87. The number of aliphatic hydroxyl groups excluding tert-OH is 1. The Morgan fingerprint density at radius 2 is 1.55 bits per heavy atom. The molecule has 2 aliphatic carbocycles. The molecule has 1 fully saturated rings. The van der Waals surface area contributed by atoms with Gasteiger partial charge >= 0.3 is 0 Å². The monoisotopic (exact) mass is 296 g/mol. The first-order valence-electron chi connectivity index (χ1n) is 8.08. The van der Waals surface area contributed by atoms with Crippen molar-refractivity contribution in [3.05, 3.63) is 47.8 Å². The predicted molar refractivity (Wildman–Crippen MR) is 83.1 cm³/mol. The second-order valence-electron chi connectivity index (χ2n) is 6.14. The van der Waals surface area contributed by atoms with Crippen LogP contribution in [0.4, 0.5) is 0 Å². The molecule has 2 aliphatic rings. The summed E-state index contributed by atoms with van der Waals surface area (Å²) >= 11 is 0. The molecule has 4 nitrogen and oxygen atoms in total. The number of hydrogen-bond donors (Lipinski definition) is 1. The molecule has 0 saturated heterocycles. The van der Waals surface area contributed by atoms with Crippen LogP contribution < -0.4 is 0 Å². The second kappa shape index (κ2) is 5.78. The van der Waals surface area contributed by atoms with E-state index in [9.17, 15) is 5.11 Å². The number of nitrogens with zero attached hydrogens (tertiary/aromatic N) is 2. The number of ether oxygens (including phenoxy) is 1. The van der Waals surface area contributed by atoms with Crippen molar-refractivity contribution in [1.29, 1.82) is 0 Å². The third kappa shape index (κ3) is 2.32. The first-order chi connectivity index (χ1) is 10.8. The average molecular weight is 296 g/mol. The fraction of sp³-hybridized carbons (Fsp3) is 0.444. The van der Waals surface area contributed by atoms with E-state index in [4.69, 9.17) is 4.74 Å². The standard InChI is InChI=1S/C18H20N2O2/c21-17-13-8-4-10-19-15(13)16-14(9-5-11-20-16)18(17)22-12-6-2-1-3-7-12/h4-5,8-12,17-18,21H,1-3,6-7H2/t17-,18-/m1/s1. The SMILES string of the molecule is O[C@@H]1c2cccnc2-c2ncccc2[C@H]1OC1CCCCC1. The molecule has 22 heavy (non-hydrogen) atoms. The molecule has 0 aliphatic heterocycles. The largest absolute Gasteiger partial charge is 0.385 e. The zero-order valence-corrected chi connectivity index (χ0v) is 12.5. The topological polar surface area (TPSA) is 55.2 Å². The van der Waals surface area contributed by atoms with E-state index in [1.165, 1.54) is 19.3 Å². The molecule has 4 heteroatoms. The highest BCUT2D eigenvalue weighted by Crippen LogP contribution is 2.45. The van der Waals surface area contributed by atoms with Gasteiger partial charge in [0.05, 0.1) is 17.5 Å². The summed E-state index contributed by atoms with van der Waals surface area (Å²) in [7, 11) is 0. The average Bonchev–Trinajstić information content (AvgIpc) is 2.59. The molecular weight excluding hydrogens is 276 g/mol. The number of fused-ring (bicyclic) bond motifs is 3. The van der Waals surface area contributed by atoms with Crippen molar-refractivity contribution in [1.82, 2.24) is 9.97 Å². The lowest BCUT2D eigenvalue weighted by Crippen LogP contribution is -2.27. The van der Waals surface area contributed by atoms with Crippen LogP contribution in [0.15, 0.2) is 36.7 Å². The molecule has 2 aromatic heterocycles. The van der Waals surface area contributed by atoms with Crippen LogP contribution in [0.5, 0.6) is 0 Å². The molecule has 0 bridgehead atoms. The summed E-state index contributed by atoms with van der Waals surface area (Å²) in [5.74, 6) is 0. The maximum atomic E-state index is 10.8. The van der Waals surface area contributed by atoms with Crippen LogP contribution in [0, 0.1) is 0 Å². The maximum absolute atomic E-state index is 10.8. The lowest BCUT2D eigenvalue weighted by Gasteiger charge is -2.34. The van der Waals surface area contributed by atoms with Gasteiger partial charge in [0.25, 0.3) is 0 Å². The Morgan fingerprint density at radius 1 is 0.909 bits per heavy atom. The molecule has 114 valence electrons. The van der Waals surface area contributed by atoms with E-state index in [1.54, 1.807) is 12.4 Å². The van der Waals surface area contributed by atoms with Crippen LogP contribution in [0.3, 0.4) is 0 Å². The van der Waals surface area contributed by atoms with Gasteiger partial charge in [-0.25, -0.2) is 0 Å². The number of aromatic nitrogens is 2. The van der Waals surface area contributed by atoms with Crippen molar-refractivity contribution >= 4 is 0 Å². The third-order valence-corrected chi connectivity index (χ3v) is 4.71. The zero-order valence-electron chi connectivity index (χ0n) is 12.5. The normalized spacial score (nSPS) is 24.6. The van der Waals surface area contributed by atoms with Crippen molar-refractivity contribution < 1.29 is 9.84 Å². The van der Waals surface area contributed by atoms with Gasteiger partial charge in [-0.1, -0.05) is 31.4 Å². The molecule has 2 heterocycles. The lowest BCUT2D eigenvalue weighted by molar-refractivity contribution is -0.0926. The van der Waals surface area contributed by atoms with Gasteiger partial charge in [-0.05, 0) is 25.0 Å². The third-order valence-electron chi connectivity index (χ3n) is 4.71. The Balaban J connectivity index is 1.73. The van der Waals surface area contributed by atoms with Gasteiger partial charge < -0.3 is 9.84 Å². The quantitative estimate of drug-likeness (QED) is 0.920. The van der Waals surface area contributed by atoms with Crippen molar-refractivity contribution in [2.75, 3.05) is 0 Å². The van der Waals surface area contributed by atoms with E-state index in [2.05, 4.69) is 9.97 Å². The molecule has 0 amide bonds. The molecule has 2 aromatic rings. The smallest absolute Gasteiger partial charge is 0.115 e. The number of aliphatic hydroxyl groups is 1. The molecule has 0 aromatic carbocycles. The second-order valence-corrected chi connectivity index (χ2v) is 6.14. The fourth-order valence-electron chi connectivity index (χ4n) is 3.59. The minimum absolute atomic E-state index is 0.236. The number of hydrogen-bond acceptors (Lipinski definition) is 4. The summed E-state index contributed by atoms with van der Waals surface area (Å²) in [5.41, 5.74) is 3.37. The van der Waals surface area contributed by atoms with Gasteiger partial charge in [-0.2, -0.15) is 0 Å². The highest BCUT2D eigenvalue weighted by molar-refractivity contribution is 5.67. The van der Waals surface area contributed by atoms with E-state index in [0.29, 0.717) is 0 Å². The van der Waals surface area contributed by atoms with Crippen molar-refractivity contribution in [2.45, 2.75) is 50.4 Å². The molecule has 0 unspecified atom stereocenters. The van der Waals surface area contributed by atoms with E-state index >= 15 is 0 Å². The van der Waals surface area contributed by atoms with E-state index in [1.807, 2.05) is 24.3 Å². The van der Waals surface area contributed by atoms with Crippen molar-refractivity contribution in [3.8, 4) is 11.4 Å². The minimum atomic E-state index is -0.678. The molecule has 0 radical (unpaired) electrons. The van der Waals surface area contributed by atoms with Gasteiger partial charge in [0.2, 0.25) is 0 Å².